The number of hydrogen-bond donors (Lipinski definition) is 1. The van der Waals surface area contributed by atoms with E-state index in [-0.39, 0.29) is 11.6 Å². The van der Waals surface area contributed by atoms with Gasteiger partial charge in [-0.25, -0.2) is 4.79 Å². The number of anilines is 2. The van der Waals surface area contributed by atoms with E-state index >= 15 is 0 Å². The third kappa shape index (κ3) is 2.88. The number of piperidine rings is 1. The number of nitrogen functional groups attached to an aromatic ring is 1. The van der Waals surface area contributed by atoms with Gasteiger partial charge in [0.05, 0.1) is 29.6 Å². The lowest BCUT2D eigenvalue weighted by atomic mass is 9.94. The second kappa shape index (κ2) is 5.71. The summed E-state index contributed by atoms with van der Waals surface area (Å²) in [6, 6.07) is 5.23. The Balaban J connectivity index is 2.29. The Kier molecular flexibility index (Phi) is 4.18. The molecular formula is C15H22N2O3. The van der Waals surface area contributed by atoms with E-state index in [1.165, 1.54) is 7.11 Å². The van der Waals surface area contributed by atoms with Crippen LogP contribution in [0.15, 0.2) is 18.2 Å². The van der Waals surface area contributed by atoms with E-state index < -0.39 is 0 Å². The summed E-state index contributed by atoms with van der Waals surface area (Å²) in [4.78, 5) is 13.8. The summed E-state index contributed by atoms with van der Waals surface area (Å²) >= 11 is 0. The zero-order valence-electron chi connectivity index (χ0n) is 12.3. The summed E-state index contributed by atoms with van der Waals surface area (Å²) < 4.78 is 10.4. The summed E-state index contributed by atoms with van der Waals surface area (Å²) in [5, 5.41) is 0. The maximum Gasteiger partial charge on any atom is 0.337 e. The minimum atomic E-state index is -0.349. The zero-order valence-corrected chi connectivity index (χ0v) is 12.3. The second-order valence-corrected chi connectivity index (χ2v) is 5.44. The molecule has 2 rings (SSSR count). The van der Waals surface area contributed by atoms with Gasteiger partial charge in [0.25, 0.3) is 0 Å². The number of rotatable bonds is 3. The van der Waals surface area contributed by atoms with Crippen LogP contribution in [0.1, 0.15) is 30.1 Å². The predicted molar refractivity (Wildman–Crippen MR) is 79.1 cm³/mol. The zero-order chi connectivity index (χ0) is 14.8. The van der Waals surface area contributed by atoms with Crippen LogP contribution < -0.4 is 10.6 Å². The summed E-state index contributed by atoms with van der Waals surface area (Å²) in [5.41, 5.74) is 7.93. The van der Waals surface area contributed by atoms with Crippen LogP contribution in [0.3, 0.4) is 0 Å². The van der Waals surface area contributed by atoms with Crippen LogP contribution >= 0.6 is 0 Å². The number of ether oxygens (including phenoxy) is 2. The van der Waals surface area contributed by atoms with Crippen molar-refractivity contribution in [1.82, 2.24) is 0 Å². The normalized spacial score (nSPS) is 22.6. The molecule has 1 aliphatic rings. The molecule has 0 spiro atoms. The van der Waals surface area contributed by atoms with Gasteiger partial charge >= 0.3 is 5.97 Å². The van der Waals surface area contributed by atoms with Crippen molar-refractivity contribution in [3.05, 3.63) is 23.8 Å². The van der Waals surface area contributed by atoms with Gasteiger partial charge in [-0.1, -0.05) is 0 Å². The van der Waals surface area contributed by atoms with E-state index in [1.54, 1.807) is 25.3 Å². The Hall–Kier alpha value is -1.75. The number of hydrogen-bond acceptors (Lipinski definition) is 5. The number of methoxy groups -OCH3 is 2. The Morgan fingerprint density at radius 3 is 2.80 bits per heavy atom. The highest BCUT2D eigenvalue weighted by molar-refractivity contribution is 5.92. The lowest BCUT2D eigenvalue weighted by Gasteiger charge is -2.41. The molecular weight excluding hydrogens is 256 g/mol. The molecule has 0 aromatic heterocycles. The highest BCUT2D eigenvalue weighted by Gasteiger charge is 2.31. The molecule has 1 atom stereocenters. The van der Waals surface area contributed by atoms with Gasteiger partial charge in [0.15, 0.2) is 0 Å². The average molecular weight is 278 g/mol. The van der Waals surface area contributed by atoms with E-state index in [9.17, 15) is 4.79 Å². The Bertz CT molecular complexity index is 504. The van der Waals surface area contributed by atoms with Gasteiger partial charge in [0, 0.05) is 20.2 Å². The van der Waals surface area contributed by atoms with Crippen molar-refractivity contribution in [2.75, 3.05) is 37.9 Å². The minimum absolute atomic E-state index is 0.175. The maximum atomic E-state index is 11.6. The number of nitrogens with two attached hydrogens (primary N) is 1. The van der Waals surface area contributed by atoms with Crippen LogP contribution in [0.2, 0.25) is 0 Å². The SMILES string of the molecule is COC(=O)c1ccc(N)c(N2CCCC(C)(OC)C2)c1. The topological polar surface area (TPSA) is 64.8 Å². The Labute approximate surface area is 119 Å². The fourth-order valence-corrected chi connectivity index (χ4v) is 2.64. The minimum Gasteiger partial charge on any atom is -0.465 e. The molecule has 0 amide bonds. The standard InChI is InChI=1S/C15H22N2O3/c1-15(20-3)7-4-8-17(10-15)13-9-11(14(18)19-2)5-6-12(13)16/h5-6,9H,4,7-8,10,16H2,1-3H3. The summed E-state index contributed by atoms with van der Waals surface area (Å²) in [5.74, 6) is -0.349. The average Bonchev–Trinajstić information content (AvgIpc) is 2.47. The number of carbonyl (C=O) groups is 1. The van der Waals surface area contributed by atoms with Gasteiger partial charge in [-0.15, -0.1) is 0 Å². The Morgan fingerprint density at radius 1 is 1.40 bits per heavy atom. The molecule has 0 saturated carbocycles. The summed E-state index contributed by atoms with van der Waals surface area (Å²) in [7, 11) is 3.11. The molecule has 1 unspecified atom stereocenters. The fourth-order valence-electron chi connectivity index (χ4n) is 2.64. The van der Waals surface area contributed by atoms with Crippen molar-refractivity contribution in [1.29, 1.82) is 0 Å². The molecule has 5 heteroatoms. The van der Waals surface area contributed by atoms with E-state index in [0.717, 1.165) is 31.6 Å². The molecule has 5 nitrogen and oxygen atoms in total. The van der Waals surface area contributed by atoms with Crippen LogP contribution in [-0.2, 0) is 9.47 Å². The fraction of sp³-hybridized carbons (Fsp3) is 0.533. The molecule has 0 bridgehead atoms. The molecule has 1 aromatic rings. The first kappa shape index (κ1) is 14.7. The van der Waals surface area contributed by atoms with Crippen LogP contribution in [0, 0.1) is 0 Å². The van der Waals surface area contributed by atoms with Crippen molar-refractivity contribution in [2.24, 2.45) is 0 Å². The molecule has 1 aromatic carbocycles. The third-order valence-corrected chi connectivity index (χ3v) is 3.94. The van der Waals surface area contributed by atoms with E-state index in [4.69, 9.17) is 15.2 Å². The van der Waals surface area contributed by atoms with Crippen molar-refractivity contribution >= 4 is 17.3 Å². The number of benzene rings is 1. The van der Waals surface area contributed by atoms with Gasteiger partial charge in [0.2, 0.25) is 0 Å². The lowest BCUT2D eigenvalue weighted by molar-refractivity contribution is -0.00462. The third-order valence-electron chi connectivity index (χ3n) is 3.94. The molecule has 20 heavy (non-hydrogen) atoms. The van der Waals surface area contributed by atoms with Gasteiger partial charge < -0.3 is 20.1 Å². The van der Waals surface area contributed by atoms with Crippen molar-refractivity contribution in [3.8, 4) is 0 Å². The van der Waals surface area contributed by atoms with Crippen molar-refractivity contribution in [2.45, 2.75) is 25.4 Å². The predicted octanol–water partition coefficient (Wildman–Crippen LogP) is 2.06. The highest BCUT2D eigenvalue weighted by Crippen LogP contribution is 2.32. The molecule has 0 aliphatic carbocycles. The second-order valence-electron chi connectivity index (χ2n) is 5.44. The number of carbonyl (C=O) groups excluding carboxylic acids is 1. The van der Waals surface area contributed by atoms with E-state index in [1.807, 2.05) is 0 Å². The van der Waals surface area contributed by atoms with Gasteiger partial charge in [-0.05, 0) is 38.0 Å². The van der Waals surface area contributed by atoms with Crippen molar-refractivity contribution < 1.29 is 14.3 Å². The van der Waals surface area contributed by atoms with Gasteiger partial charge in [-0.3, -0.25) is 0 Å². The van der Waals surface area contributed by atoms with E-state index in [2.05, 4.69) is 11.8 Å². The highest BCUT2D eigenvalue weighted by atomic mass is 16.5. The molecule has 1 heterocycles. The molecule has 0 radical (unpaired) electrons. The first-order valence-corrected chi connectivity index (χ1v) is 6.77. The maximum absolute atomic E-state index is 11.6. The molecule has 1 fully saturated rings. The quantitative estimate of drug-likeness (QED) is 0.677. The van der Waals surface area contributed by atoms with Crippen LogP contribution in [0.25, 0.3) is 0 Å². The van der Waals surface area contributed by atoms with Crippen LogP contribution in [0.4, 0.5) is 11.4 Å². The summed E-state index contributed by atoms with van der Waals surface area (Å²) in [6.07, 6.45) is 2.06. The number of esters is 1. The molecule has 1 saturated heterocycles. The Morgan fingerprint density at radius 2 is 2.15 bits per heavy atom. The van der Waals surface area contributed by atoms with Crippen LogP contribution in [-0.4, -0.2) is 38.9 Å². The smallest absolute Gasteiger partial charge is 0.337 e. The molecule has 110 valence electrons. The monoisotopic (exact) mass is 278 g/mol. The first-order valence-electron chi connectivity index (χ1n) is 6.77. The van der Waals surface area contributed by atoms with Gasteiger partial charge in [0.1, 0.15) is 0 Å². The van der Waals surface area contributed by atoms with E-state index in [0.29, 0.717) is 11.3 Å². The molecule has 2 N–H and O–H groups in total. The molecule has 1 aliphatic heterocycles. The van der Waals surface area contributed by atoms with Crippen molar-refractivity contribution in [3.63, 3.8) is 0 Å². The first-order chi connectivity index (χ1) is 9.49. The lowest BCUT2D eigenvalue weighted by Crippen LogP contribution is -2.47. The van der Waals surface area contributed by atoms with Crippen LogP contribution in [0.5, 0.6) is 0 Å². The largest absolute Gasteiger partial charge is 0.465 e. The number of nitrogens with zero attached hydrogens (tertiary/aromatic N) is 1. The summed E-state index contributed by atoms with van der Waals surface area (Å²) in [6.45, 7) is 3.77. The van der Waals surface area contributed by atoms with Gasteiger partial charge in [-0.2, -0.15) is 0 Å².